The van der Waals surface area contributed by atoms with Crippen LogP contribution in [0.15, 0.2) is 29.6 Å². The summed E-state index contributed by atoms with van der Waals surface area (Å²) in [6.45, 7) is 6.27. The van der Waals surface area contributed by atoms with Crippen LogP contribution in [0.1, 0.15) is 28.1 Å². The fourth-order valence-corrected chi connectivity index (χ4v) is 2.05. The standard InChI is InChI=1S/C16H19N3O2/c1-11-7-13(3)19-14(8-11)9-18-21-10-15-12(2)5-6-17-16(15)20-4/h5-9H,10H2,1-4H3/b18-9+. The van der Waals surface area contributed by atoms with E-state index >= 15 is 0 Å². The lowest BCUT2D eigenvalue weighted by Gasteiger charge is -2.08. The minimum atomic E-state index is 0.310. The summed E-state index contributed by atoms with van der Waals surface area (Å²) in [4.78, 5) is 13.9. The molecule has 2 rings (SSSR count). The van der Waals surface area contributed by atoms with Gasteiger partial charge in [-0.3, -0.25) is 4.98 Å². The van der Waals surface area contributed by atoms with Gasteiger partial charge in [-0.2, -0.15) is 0 Å². The SMILES string of the molecule is COc1nccc(C)c1CO/N=C/c1cc(C)cc(C)n1. The van der Waals surface area contributed by atoms with Crippen LogP contribution in [0, 0.1) is 20.8 Å². The topological polar surface area (TPSA) is 56.6 Å². The minimum absolute atomic E-state index is 0.310. The van der Waals surface area contributed by atoms with Gasteiger partial charge in [0, 0.05) is 11.9 Å². The molecule has 5 heteroatoms. The molecule has 0 atom stereocenters. The third-order valence-electron chi connectivity index (χ3n) is 3.03. The molecule has 0 aliphatic carbocycles. The second-order valence-corrected chi connectivity index (χ2v) is 4.83. The van der Waals surface area contributed by atoms with Gasteiger partial charge in [-0.15, -0.1) is 0 Å². The first-order chi connectivity index (χ1) is 10.1. The van der Waals surface area contributed by atoms with Gasteiger partial charge in [0.05, 0.1) is 24.6 Å². The molecule has 21 heavy (non-hydrogen) atoms. The number of rotatable bonds is 5. The Kier molecular flexibility index (Phi) is 4.87. The van der Waals surface area contributed by atoms with Gasteiger partial charge in [-0.25, -0.2) is 4.98 Å². The maximum atomic E-state index is 5.34. The molecule has 2 aromatic heterocycles. The molecule has 0 fully saturated rings. The summed E-state index contributed by atoms with van der Waals surface area (Å²) in [6, 6.07) is 5.88. The second kappa shape index (κ2) is 6.83. The van der Waals surface area contributed by atoms with E-state index in [4.69, 9.17) is 9.57 Å². The van der Waals surface area contributed by atoms with Crippen molar-refractivity contribution in [3.63, 3.8) is 0 Å². The highest BCUT2D eigenvalue weighted by Gasteiger charge is 2.07. The van der Waals surface area contributed by atoms with Gasteiger partial charge in [0.25, 0.3) is 0 Å². The van der Waals surface area contributed by atoms with E-state index in [0.717, 1.165) is 28.1 Å². The van der Waals surface area contributed by atoms with Crippen LogP contribution in [-0.2, 0) is 11.4 Å². The van der Waals surface area contributed by atoms with Gasteiger partial charge in [-0.05, 0) is 50.1 Å². The number of hydrogen-bond donors (Lipinski definition) is 0. The fraction of sp³-hybridized carbons (Fsp3) is 0.312. The third-order valence-corrected chi connectivity index (χ3v) is 3.03. The van der Waals surface area contributed by atoms with E-state index in [-0.39, 0.29) is 0 Å². The van der Waals surface area contributed by atoms with Crippen molar-refractivity contribution in [2.45, 2.75) is 27.4 Å². The van der Waals surface area contributed by atoms with Gasteiger partial charge in [0.1, 0.15) is 6.61 Å². The molecular weight excluding hydrogens is 266 g/mol. The fourth-order valence-electron chi connectivity index (χ4n) is 2.05. The maximum absolute atomic E-state index is 5.34. The zero-order chi connectivity index (χ0) is 15.2. The van der Waals surface area contributed by atoms with Crippen molar-refractivity contribution in [2.24, 2.45) is 5.16 Å². The second-order valence-electron chi connectivity index (χ2n) is 4.83. The summed E-state index contributed by atoms with van der Waals surface area (Å²) >= 11 is 0. The molecule has 0 unspecified atom stereocenters. The predicted octanol–water partition coefficient (Wildman–Crippen LogP) is 2.96. The predicted molar refractivity (Wildman–Crippen MR) is 81.6 cm³/mol. The first-order valence-corrected chi connectivity index (χ1v) is 6.69. The quantitative estimate of drug-likeness (QED) is 0.626. The van der Waals surface area contributed by atoms with E-state index in [2.05, 4.69) is 15.1 Å². The Labute approximate surface area is 124 Å². The smallest absolute Gasteiger partial charge is 0.220 e. The largest absolute Gasteiger partial charge is 0.481 e. The van der Waals surface area contributed by atoms with Crippen molar-refractivity contribution in [1.82, 2.24) is 9.97 Å². The number of hydrogen-bond acceptors (Lipinski definition) is 5. The molecule has 0 saturated carbocycles. The summed E-state index contributed by atoms with van der Waals surface area (Å²) in [6.07, 6.45) is 3.32. The average molecular weight is 285 g/mol. The molecule has 0 spiro atoms. The Morgan fingerprint density at radius 2 is 2.05 bits per heavy atom. The maximum Gasteiger partial charge on any atom is 0.220 e. The Hall–Kier alpha value is -2.43. The monoisotopic (exact) mass is 285 g/mol. The van der Waals surface area contributed by atoms with Crippen LogP contribution in [0.25, 0.3) is 0 Å². The molecule has 5 nitrogen and oxygen atoms in total. The van der Waals surface area contributed by atoms with Crippen LogP contribution in [0.2, 0.25) is 0 Å². The summed E-state index contributed by atoms with van der Waals surface area (Å²) in [5, 5.41) is 3.96. The van der Waals surface area contributed by atoms with Crippen molar-refractivity contribution in [3.05, 3.63) is 52.5 Å². The van der Waals surface area contributed by atoms with Gasteiger partial charge in [0.15, 0.2) is 0 Å². The molecule has 0 aliphatic rings. The Bertz CT molecular complexity index is 634. The van der Waals surface area contributed by atoms with Crippen molar-refractivity contribution >= 4 is 6.21 Å². The number of pyridine rings is 2. The molecule has 0 N–H and O–H groups in total. The third kappa shape index (κ3) is 4.02. The number of oxime groups is 1. The average Bonchev–Trinajstić information content (AvgIpc) is 2.43. The minimum Gasteiger partial charge on any atom is -0.481 e. The van der Waals surface area contributed by atoms with E-state index in [0.29, 0.717) is 12.5 Å². The highest BCUT2D eigenvalue weighted by Crippen LogP contribution is 2.19. The van der Waals surface area contributed by atoms with E-state index < -0.39 is 0 Å². The molecule has 0 aromatic carbocycles. The lowest BCUT2D eigenvalue weighted by atomic mass is 10.2. The lowest BCUT2D eigenvalue weighted by Crippen LogP contribution is -1.99. The number of nitrogens with zero attached hydrogens (tertiary/aromatic N) is 3. The van der Waals surface area contributed by atoms with Crippen molar-refractivity contribution in [3.8, 4) is 5.88 Å². The normalized spacial score (nSPS) is 10.9. The zero-order valence-electron chi connectivity index (χ0n) is 12.8. The number of aryl methyl sites for hydroxylation is 3. The van der Waals surface area contributed by atoms with Crippen LogP contribution in [0.5, 0.6) is 5.88 Å². The molecule has 0 radical (unpaired) electrons. The Morgan fingerprint density at radius 3 is 2.76 bits per heavy atom. The van der Waals surface area contributed by atoms with Crippen LogP contribution in [-0.4, -0.2) is 23.3 Å². The summed E-state index contributed by atoms with van der Waals surface area (Å²) < 4.78 is 5.22. The van der Waals surface area contributed by atoms with E-state index in [1.54, 1.807) is 19.5 Å². The molecule has 0 saturated heterocycles. The molecule has 2 heterocycles. The highest BCUT2D eigenvalue weighted by molar-refractivity contribution is 5.76. The Morgan fingerprint density at radius 1 is 1.24 bits per heavy atom. The van der Waals surface area contributed by atoms with Gasteiger partial charge in [-0.1, -0.05) is 5.16 Å². The summed E-state index contributed by atoms with van der Waals surface area (Å²) in [5.41, 5.74) is 4.84. The molecule has 0 bridgehead atoms. The van der Waals surface area contributed by atoms with Crippen LogP contribution >= 0.6 is 0 Å². The number of ether oxygens (including phenoxy) is 1. The zero-order valence-corrected chi connectivity index (χ0v) is 12.8. The first-order valence-electron chi connectivity index (χ1n) is 6.69. The first kappa shape index (κ1) is 15.0. The number of aromatic nitrogens is 2. The summed E-state index contributed by atoms with van der Waals surface area (Å²) in [5.74, 6) is 0.565. The van der Waals surface area contributed by atoms with Gasteiger partial charge in [0.2, 0.25) is 5.88 Å². The molecule has 110 valence electrons. The van der Waals surface area contributed by atoms with Crippen LogP contribution in [0.4, 0.5) is 0 Å². The van der Waals surface area contributed by atoms with Crippen molar-refractivity contribution < 1.29 is 9.57 Å². The summed E-state index contributed by atoms with van der Waals surface area (Å²) in [7, 11) is 1.59. The van der Waals surface area contributed by atoms with Crippen molar-refractivity contribution in [1.29, 1.82) is 0 Å². The molecule has 0 amide bonds. The highest BCUT2D eigenvalue weighted by atomic mass is 16.6. The molecule has 2 aromatic rings. The van der Waals surface area contributed by atoms with Crippen LogP contribution in [0.3, 0.4) is 0 Å². The van der Waals surface area contributed by atoms with E-state index in [1.165, 1.54) is 0 Å². The van der Waals surface area contributed by atoms with E-state index in [9.17, 15) is 0 Å². The Balaban J connectivity index is 2.03. The molecular formula is C16H19N3O2. The van der Waals surface area contributed by atoms with Gasteiger partial charge >= 0.3 is 0 Å². The van der Waals surface area contributed by atoms with Gasteiger partial charge < -0.3 is 9.57 Å². The van der Waals surface area contributed by atoms with E-state index in [1.807, 2.05) is 39.0 Å². The molecule has 0 aliphatic heterocycles. The van der Waals surface area contributed by atoms with Crippen LogP contribution < -0.4 is 4.74 Å². The lowest BCUT2D eigenvalue weighted by molar-refractivity contribution is 0.129. The van der Waals surface area contributed by atoms with Crippen molar-refractivity contribution in [2.75, 3.05) is 7.11 Å². The number of methoxy groups -OCH3 is 1.